The van der Waals surface area contributed by atoms with Crippen molar-refractivity contribution in [3.8, 4) is 0 Å². The van der Waals surface area contributed by atoms with Gasteiger partial charge in [-0.25, -0.2) is 0 Å². The third-order valence-electron chi connectivity index (χ3n) is 6.47. The van der Waals surface area contributed by atoms with Gasteiger partial charge in [-0.1, -0.05) is 96.1 Å². The standard InChI is InChI=1S/C31H35N3O5/c1-3-23(2)38-31-28(33-34-32)30(37-21-26-17-11-6-12-18-26)29(36-20-25-15-9-5-10-16-25)27(39-31)22-35-19-24-13-7-4-8-14-24/h3-18,27-31H,19-22H2,1-2H3/b23-3+/t27-,28-,29+,30-,31-/m1/s1. The Morgan fingerprint density at radius 2 is 1.33 bits per heavy atom. The Morgan fingerprint density at radius 1 is 0.821 bits per heavy atom. The Balaban J connectivity index is 1.61. The number of ether oxygens (including phenoxy) is 5. The Labute approximate surface area is 229 Å². The lowest BCUT2D eigenvalue weighted by Gasteiger charge is -2.44. The van der Waals surface area contributed by atoms with Gasteiger partial charge in [0.05, 0.1) is 32.2 Å². The molecule has 0 aromatic heterocycles. The fraction of sp³-hybridized carbons (Fsp3) is 0.355. The lowest BCUT2D eigenvalue weighted by Crippen LogP contribution is -2.60. The van der Waals surface area contributed by atoms with E-state index in [2.05, 4.69) is 10.0 Å². The molecule has 1 saturated heterocycles. The average Bonchev–Trinajstić information content (AvgIpc) is 2.98. The van der Waals surface area contributed by atoms with Crippen LogP contribution in [0.5, 0.6) is 0 Å². The Morgan fingerprint density at radius 3 is 1.85 bits per heavy atom. The predicted octanol–water partition coefficient (Wildman–Crippen LogP) is 6.72. The van der Waals surface area contributed by atoms with Crippen molar-refractivity contribution in [2.45, 2.75) is 64.3 Å². The number of allylic oxidation sites excluding steroid dienone is 2. The normalized spacial score (nSPS) is 23.1. The fourth-order valence-corrected chi connectivity index (χ4v) is 4.35. The van der Waals surface area contributed by atoms with Gasteiger partial charge in [-0.05, 0) is 42.1 Å². The van der Waals surface area contributed by atoms with Gasteiger partial charge in [0.25, 0.3) is 0 Å². The van der Waals surface area contributed by atoms with Crippen LogP contribution < -0.4 is 0 Å². The number of hydrogen-bond donors (Lipinski definition) is 0. The summed E-state index contributed by atoms with van der Waals surface area (Å²) in [5.41, 5.74) is 12.5. The summed E-state index contributed by atoms with van der Waals surface area (Å²) in [4.78, 5) is 3.11. The van der Waals surface area contributed by atoms with Gasteiger partial charge in [-0.15, -0.1) is 0 Å². The molecule has 204 valence electrons. The van der Waals surface area contributed by atoms with Crippen LogP contribution in [-0.4, -0.2) is 37.3 Å². The van der Waals surface area contributed by atoms with Crippen LogP contribution in [0, 0.1) is 0 Å². The quantitative estimate of drug-likeness (QED) is 0.106. The SMILES string of the molecule is C/C=C(\C)O[C@@H]1O[C@H](COCc2ccccc2)[C@H](OCc2ccccc2)[C@H](OCc2ccccc2)[C@H]1N=[N+]=[N-]. The Hall–Kier alpha value is -3.65. The van der Waals surface area contributed by atoms with Crippen LogP contribution in [0.25, 0.3) is 10.4 Å². The van der Waals surface area contributed by atoms with Gasteiger partial charge < -0.3 is 23.7 Å². The molecule has 8 nitrogen and oxygen atoms in total. The molecule has 0 amide bonds. The average molecular weight is 530 g/mol. The van der Waals surface area contributed by atoms with E-state index in [1.54, 1.807) is 0 Å². The summed E-state index contributed by atoms with van der Waals surface area (Å²) in [6.07, 6.45) is -0.836. The van der Waals surface area contributed by atoms with Gasteiger partial charge in [0.2, 0.25) is 6.29 Å². The molecule has 4 rings (SSSR count). The van der Waals surface area contributed by atoms with Crippen molar-refractivity contribution in [2.24, 2.45) is 5.11 Å². The van der Waals surface area contributed by atoms with E-state index < -0.39 is 30.6 Å². The van der Waals surface area contributed by atoms with E-state index in [0.717, 1.165) is 16.7 Å². The Bertz CT molecular complexity index is 1200. The van der Waals surface area contributed by atoms with Crippen LogP contribution in [0.1, 0.15) is 30.5 Å². The minimum atomic E-state index is -0.875. The highest BCUT2D eigenvalue weighted by atomic mass is 16.7. The highest BCUT2D eigenvalue weighted by molar-refractivity contribution is 5.15. The van der Waals surface area contributed by atoms with E-state index in [1.807, 2.05) is 111 Å². The summed E-state index contributed by atoms with van der Waals surface area (Å²) < 4.78 is 31.5. The maximum Gasteiger partial charge on any atom is 0.210 e. The fourth-order valence-electron chi connectivity index (χ4n) is 4.35. The van der Waals surface area contributed by atoms with Gasteiger partial charge >= 0.3 is 0 Å². The van der Waals surface area contributed by atoms with E-state index in [9.17, 15) is 5.53 Å². The molecule has 5 atom stereocenters. The van der Waals surface area contributed by atoms with Gasteiger partial charge in [-0.3, -0.25) is 0 Å². The number of hydrogen-bond acceptors (Lipinski definition) is 6. The Kier molecular flexibility index (Phi) is 11.0. The van der Waals surface area contributed by atoms with Gasteiger partial charge in [0, 0.05) is 4.91 Å². The second-order valence-corrected chi connectivity index (χ2v) is 9.28. The van der Waals surface area contributed by atoms with Gasteiger partial charge in [-0.2, -0.15) is 0 Å². The number of azide groups is 1. The molecule has 0 bridgehead atoms. The molecule has 39 heavy (non-hydrogen) atoms. The molecule has 1 fully saturated rings. The van der Waals surface area contributed by atoms with E-state index >= 15 is 0 Å². The first-order valence-electron chi connectivity index (χ1n) is 13.1. The highest BCUT2D eigenvalue weighted by Crippen LogP contribution is 2.32. The topological polar surface area (TPSA) is 94.9 Å². The van der Waals surface area contributed by atoms with Crippen LogP contribution in [0.2, 0.25) is 0 Å². The molecule has 0 radical (unpaired) electrons. The molecular formula is C31H35N3O5. The van der Waals surface area contributed by atoms with Crippen molar-refractivity contribution in [2.75, 3.05) is 6.61 Å². The maximum atomic E-state index is 9.47. The van der Waals surface area contributed by atoms with Crippen molar-refractivity contribution in [3.05, 3.63) is 130 Å². The van der Waals surface area contributed by atoms with Crippen LogP contribution in [0.15, 0.2) is 108 Å². The predicted molar refractivity (Wildman–Crippen MR) is 148 cm³/mol. The summed E-state index contributed by atoms with van der Waals surface area (Å²) in [6.45, 7) is 4.99. The van der Waals surface area contributed by atoms with Crippen LogP contribution in [-0.2, 0) is 43.5 Å². The molecule has 1 heterocycles. The molecular weight excluding hydrogens is 494 g/mol. The minimum Gasteiger partial charge on any atom is -0.469 e. The zero-order valence-electron chi connectivity index (χ0n) is 22.3. The van der Waals surface area contributed by atoms with Gasteiger partial charge in [0.1, 0.15) is 24.4 Å². The molecule has 3 aromatic carbocycles. The number of rotatable bonds is 13. The van der Waals surface area contributed by atoms with E-state index in [-0.39, 0.29) is 6.61 Å². The molecule has 8 heteroatoms. The zero-order valence-corrected chi connectivity index (χ0v) is 22.3. The van der Waals surface area contributed by atoms with Crippen molar-refractivity contribution < 1.29 is 23.7 Å². The lowest BCUT2D eigenvalue weighted by molar-refractivity contribution is -0.277. The number of benzene rings is 3. The van der Waals surface area contributed by atoms with E-state index in [4.69, 9.17) is 23.7 Å². The summed E-state index contributed by atoms with van der Waals surface area (Å²) >= 11 is 0. The first-order chi connectivity index (χ1) is 19.2. The second-order valence-electron chi connectivity index (χ2n) is 9.28. The molecule has 1 aliphatic heterocycles. The molecule has 0 aliphatic carbocycles. The molecule has 1 aliphatic rings. The maximum absolute atomic E-state index is 9.47. The monoisotopic (exact) mass is 529 g/mol. The first-order valence-corrected chi connectivity index (χ1v) is 13.1. The minimum absolute atomic E-state index is 0.233. The van der Waals surface area contributed by atoms with Crippen molar-refractivity contribution in [1.82, 2.24) is 0 Å². The molecule has 0 unspecified atom stereocenters. The van der Waals surface area contributed by atoms with Crippen molar-refractivity contribution in [1.29, 1.82) is 0 Å². The molecule has 0 saturated carbocycles. The third-order valence-corrected chi connectivity index (χ3v) is 6.47. The smallest absolute Gasteiger partial charge is 0.210 e. The molecule has 0 N–H and O–H groups in total. The zero-order chi connectivity index (χ0) is 27.3. The van der Waals surface area contributed by atoms with Crippen LogP contribution in [0.4, 0.5) is 0 Å². The summed E-state index contributed by atoms with van der Waals surface area (Å²) in [6, 6.07) is 28.9. The molecule has 0 spiro atoms. The van der Waals surface area contributed by atoms with Gasteiger partial charge in [0.15, 0.2) is 0 Å². The first kappa shape index (κ1) is 28.4. The summed E-state index contributed by atoms with van der Waals surface area (Å²) in [7, 11) is 0. The lowest BCUT2D eigenvalue weighted by atomic mass is 9.96. The number of nitrogens with zero attached hydrogens (tertiary/aromatic N) is 3. The van der Waals surface area contributed by atoms with Crippen molar-refractivity contribution in [3.63, 3.8) is 0 Å². The third kappa shape index (κ3) is 8.42. The molecule has 3 aromatic rings. The van der Waals surface area contributed by atoms with Crippen molar-refractivity contribution >= 4 is 0 Å². The van der Waals surface area contributed by atoms with Crippen LogP contribution in [0.3, 0.4) is 0 Å². The van der Waals surface area contributed by atoms with E-state index in [1.165, 1.54) is 0 Å². The summed E-state index contributed by atoms with van der Waals surface area (Å²) in [5.74, 6) is 0.646. The largest absolute Gasteiger partial charge is 0.469 e. The highest BCUT2D eigenvalue weighted by Gasteiger charge is 2.48. The second kappa shape index (κ2) is 15.1. The summed E-state index contributed by atoms with van der Waals surface area (Å²) in [5, 5.41) is 4.07. The van der Waals surface area contributed by atoms with E-state index in [0.29, 0.717) is 25.6 Å². The van der Waals surface area contributed by atoms with Crippen LogP contribution >= 0.6 is 0 Å².